The Bertz CT molecular complexity index is 2190. The smallest absolute Gasteiger partial charge is 0.268 e. The number of likely N-dealkylation sites (N-methyl/N-ethyl adjacent to an activating group) is 1. The number of hydrogen-bond acceptors (Lipinski definition) is 7. The second kappa shape index (κ2) is 14.7. The average molecular weight is 755 g/mol. The van der Waals surface area contributed by atoms with Gasteiger partial charge >= 0.3 is 0 Å². The molecule has 1 N–H and O–H groups in total. The number of carbonyl (C=O) groups is 2. The minimum atomic E-state index is -4.26. The van der Waals surface area contributed by atoms with Crippen LogP contribution in [0.15, 0.2) is 59.5 Å². The second-order valence-corrected chi connectivity index (χ2v) is 18.0. The summed E-state index contributed by atoms with van der Waals surface area (Å²) in [5.41, 5.74) is 5.45. The SMILES string of the molecule is COc1ccc(-c2c(C3CCCCC3)c3ccc(C(=O)NS(=O)(=O)c4ccc(C)cc4OC)cc3n2CC(C)(C)C(=O)N2C3CCC2CN(C)C3)c(C)c1. The maximum atomic E-state index is 14.7. The van der Waals surface area contributed by atoms with Gasteiger partial charge in [0.05, 0.1) is 25.3 Å². The number of likely N-dealkylation sites (tertiary alicyclic amines) is 1. The van der Waals surface area contributed by atoms with E-state index in [0.717, 1.165) is 90.7 Å². The van der Waals surface area contributed by atoms with Gasteiger partial charge in [-0.05, 0) is 125 Å². The lowest BCUT2D eigenvalue weighted by molar-refractivity contribution is -0.146. The summed E-state index contributed by atoms with van der Waals surface area (Å²) in [6.07, 6.45) is 7.60. The molecule has 3 aliphatic rings. The summed E-state index contributed by atoms with van der Waals surface area (Å²) in [6.45, 7) is 10.2. The number of benzene rings is 3. The molecule has 54 heavy (non-hydrogen) atoms. The summed E-state index contributed by atoms with van der Waals surface area (Å²) in [5.74, 6) is 0.633. The predicted octanol–water partition coefficient (Wildman–Crippen LogP) is 7.44. The van der Waals surface area contributed by atoms with Crippen molar-refractivity contribution in [3.8, 4) is 22.8 Å². The maximum Gasteiger partial charge on any atom is 0.268 e. The molecule has 288 valence electrons. The zero-order valence-electron chi connectivity index (χ0n) is 32.7. The van der Waals surface area contributed by atoms with E-state index in [2.05, 4.69) is 39.1 Å². The predicted molar refractivity (Wildman–Crippen MR) is 212 cm³/mol. The number of amides is 2. The van der Waals surface area contributed by atoms with E-state index in [1.54, 1.807) is 31.4 Å². The molecule has 10 nitrogen and oxygen atoms in total. The van der Waals surface area contributed by atoms with Crippen LogP contribution in [0.2, 0.25) is 0 Å². The topological polar surface area (TPSA) is 110 Å². The molecule has 0 radical (unpaired) electrons. The van der Waals surface area contributed by atoms with Gasteiger partial charge in [0.1, 0.15) is 16.4 Å². The molecule has 4 aromatic rings. The fraction of sp³-hybridized carbons (Fsp3) is 0.488. The minimum absolute atomic E-state index is 0.108. The van der Waals surface area contributed by atoms with Gasteiger partial charge in [-0.1, -0.05) is 31.4 Å². The van der Waals surface area contributed by atoms with Crippen molar-refractivity contribution in [1.29, 1.82) is 0 Å². The van der Waals surface area contributed by atoms with Crippen LogP contribution in [0.1, 0.15) is 91.8 Å². The van der Waals surface area contributed by atoms with E-state index in [9.17, 15) is 18.0 Å². The molecule has 2 bridgehead atoms. The summed E-state index contributed by atoms with van der Waals surface area (Å²) in [6, 6.07) is 16.8. The number of fused-ring (bicyclic) bond motifs is 3. The normalized spacial score (nSPS) is 19.6. The van der Waals surface area contributed by atoms with Gasteiger partial charge in [0, 0.05) is 53.7 Å². The number of sulfonamides is 1. The Morgan fingerprint density at radius 3 is 2.22 bits per heavy atom. The first-order chi connectivity index (χ1) is 25.7. The zero-order chi connectivity index (χ0) is 38.5. The number of methoxy groups -OCH3 is 2. The highest BCUT2D eigenvalue weighted by Gasteiger charge is 2.46. The molecule has 3 heterocycles. The van der Waals surface area contributed by atoms with E-state index in [1.807, 2.05) is 39.0 Å². The van der Waals surface area contributed by atoms with Gasteiger partial charge in [-0.25, -0.2) is 13.1 Å². The highest BCUT2D eigenvalue weighted by Crippen LogP contribution is 2.47. The monoisotopic (exact) mass is 754 g/mol. The third-order valence-electron chi connectivity index (χ3n) is 11.9. The maximum absolute atomic E-state index is 14.7. The fourth-order valence-corrected chi connectivity index (χ4v) is 10.4. The quantitative estimate of drug-likeness (QED) is 0.179. The van der Waals surface area contributed by atoms with Gasteiger partial charge < -0.3 is 23.8 Å². The van der Waals surface area contributed by atoms with E-state index >= 15 is 0 Å². The van der Waals surface area contributed by atoms with Crippen molar-refractivity contribution in [3.05, 3.63) is 76.9 Å². The molecule has 3 aromatic carbocycles. The van der Waals surface area contributed by atoms with E-state index in [-0.39, 0.29) is 34.2 Å². The van der Waals surface area contributed by atoms with Gasteiger partial charge in [-0.3, -0.25) is 9.59 Å². The van der Waals surface area contributed by atoms with Crippen molar-refractivity contribution < 1.29 is 27.5 Å². The van der Waals surface area contributed by atoms with Crippen LogP contribution in [0.5, 0.6) is 11.5 Å². The highest BCUT2D eigenvalue weighted by atomic mass is 32.2. The van der Waals surface area contributed by atoms with Crippen LogP contribution in [0.3, 0.4) is 0 Å². The Morgan fingerprint density at radius 1 is 0.870 bits per heavy atom. The van der Waals surface area contributed by atoms with Gasteiger partial charge in [0.2, 0.25) is 5.91 Å². The second-order valence-electron chi connectivity index (χ2n) is 16.4. The largest absolute Gasteiger partial charge is 0.497 e. The summed E-state index contributed by atoms with van der Waals surface area (Å²) >= 11 is 0. The number of hydrogen-bond donors (Lipinski definition) is 1. The van der Waals surface area contributed by atoms with Crippen LogP contribution in [-0.4, -0.2) is 81.0 Å². The average Bonchev–Trinajstić information content (AvgIpc) is 3.60. The van der Waals surface area contributed by atoms with Crippen molar-refractivity contribution in [1.82, 2.24) is 19.1 Å². The Labute approximate surface area is 319 Å². The molecule has 2 saturated heterocycles. The summed E-state index contributed by atoms with van der Waals surface area (Å²) in [4.78, 5) is 33.0. The van der Waals surface area contributed by atoms with Crippen molar-refractivity contribution in [2.24, 2.45) is 5.41 Å². The minimum Gasteiger partial charge on any atom is -0.497 e. The van der Waals surface area contributed by atoms with Crippen LogP contribution in [0.4, 0.5) is 0 Å². The highest BCUT2D eigenvalue weighted by molar-refractivity contribution is 7.90. The van der Waals surface area contributed by atoms with Crippen molar-refractivity contribution in [2.75, 3.05) is 34.4 Å². The molecule has 2 atom stereocenters. The molecule has 0 spiro atoms. The van der Waals surface area contributed by atoms with Gasteiger partial charge in [0.25, 0.3) is 15.9 Å². The van der Waals surface area contributed by atoms with E-state index in [0.29, 0.717) is 12.5 Å². The third-order valence-corrected chi connectivity index (χ3v) is 13.3. The Hall–Kier alpha value is -4.35. The molecule has 11 heteroatoms. The third kappa shape index (κ3) is 7.01. The molecular formula is C43H54N4O6S. The molecule has 3 fully saturated rings. The van der Waals surface area contributed by atoms with Crippen molar-refractivity contribution in [2.45, 2.75) is 102 Å². The van der Waals surface area contributed by atoms with Crippen molar-refractivity contribution in [3.63, 3.8) is 0 Å². The Balaban J connectivity index is 1.38. The first kappa shape index (κ1) is 37.9. The van der Waals surface area contributed by atoms with Crippen LogP contribution in [0.25, 0.3) is 22.2 Å². The van der Waals surface area contributed by atoms with Crippen LogP contribution >= 0.6 is 0 Å². The van der Waals surface area contributed by atoms with Gasteiger partial charge in [-0.15, -0.1) is 0 Å². The number of ether oxygens (including phenoxy) is 2. The van der Waals surface area contributed by atoms with Gasteiger partial charge in [-0.2, -0.15) is 0 Å². The number of piperazine rings is 1. The lowest BCUT2D eigenvalue weighted by Gasteiger charge is -2.43. The van der Waals surface area contributed by atoms with Crippen LogP contribution in [0, 0.1) is 19.3 Å². The van der Waals surface area contributed by atoms with E-state index < -0.39 is 21.3 Å². The Morgan fingerprint density at radius 2 is 1.57 bits per heavy atom. The number of carbonyl (C=O) groups excluding carboxylic acids is 2. The summed E-state index contributed by atoms with van der Waals surface area (Å²) < 4.78 is 42.7. The molecule has 1 saturated carbocycles. The lowest BCUT2D eigenvalue weighted by Crippen LogP contribution is -2.58. The number of rotatable bonds is 10. The summed E-state index contributed by atoms with van der Waals surface area (Å²) in [7, 11) is 0.946. The number of aromatic nitrogens is 1. The first-order valence-electron chi connectivity index (χ1n) is 19.3. The van der Waals surface area contributed by atoms with E-state index in [4.69, 9.17) is 9.47 Å². The summed E-state index contributed by atoms with van der Waals surface area (Å²) in [5, 5.41) is 1.02. The van der Waals surface area contributed by atoms with Crippen LogP contribution in [-0.2, 0) is 21.4 Å². The lowest BCUT2D eigenvalue weighted by atomic mass is 9.81. The van der Waals surface area contributed by atoms with Gasteiger partial charge in [0.15, 0.2) is 0 Å². The molecule has 2 unspecified atom stereocenters. The number of nitrogens with one attached hydrogen (secondary N) is 1. The Kier molecular flexibility index (Phi) is 10.3. The number of nitrogens with zero attached hydrogens (tertiary/aromatic N) is 3. The van der Waals surface area contributed by atoms with Crippen molar-refractivity contribution >= 4 is 32.7 Å². The fourth-order valence-electron chi connectivity index (χ4n) is 9.30. The molecule has 2 amide bonds. The molecule has 1 aromatic heterocycles. The molecule has 2 aliphatic heterocycles. The zero-order valence-corrected chi connectivity index (χ0v) is 33.5. The standard InChI is InChI=1S/C43H54N4O6S/c1-27-13-20-38(37(21-27)53-7)54(50,51)44-41(48)30-14-18-35-36(23-30)46(26-43(3,4)42(49)47-31-15-16-32(47)25-45(5)24-31)40(39(35)29-11-9-8-10-12-29)34-19-17-33(52-6)22-28(34)2/h13-14,17-23,29,31-32H,8-12,15-16,24-26H2,1-7H3,(H,44,48). The molecule has 7 rings (SSSR count). The number of aryl methyl sites for hydroxylation is 2. The van der Waals surface area contributed by atoms with Crippen LogP contribution < -0.4 is 14.2 Å². The first-order valence-corrected chi connectivity index (χ1v) is 20.7. The molecular weight excluding hydrogens is 701 g/mol. The molecule has 1 aliphatic carbocycles. The van der Waals surface area contributed by atoms with E-state index in [1.165, 1.54) is 25.2 Å².